The zero-order valence-corrected chi connectivity index (χ0v) is 12.4. The third-order valence-electron chi connectivity index (χ3n) is 4.81. The quantitative estimate of drug-likeness (QED) is 0.792. The van der Waals surface area contributed by atoms with Crippen molar-refractivity contribution in [3.63, 3.8) is 0 Å². The van der Waals surface area contributed by atoms with Crippen molar-refractivity contribution < 1.29 is 14.7 Å². The van der Waals surface area contributed by atoms with E-state index in [9.17, 15) is 14.7 Å². The fraction of sp³-hybridized carbons (Fsp3) is 0.857. The number of amides is 2. The molecule has 0 aromatic rings. The molecule has 0 aliphatic carbocycles. The second-order valence-corrected chi connectivity index (χ2v) is 6.23. The van der Waals surface area contributed by atoms with Crippen LogP contribution in [0.5, 0.6) is 0 Å². The van der Waals surface area contributed by atoms with Gasteiger partial charge < -0.3 is 20.2 Å². The van der Waals surface area contributed by atoms with E-state index in [1.165, 1.54) is 0 Å². The van der Waals surface area contributed by atoms with Gasteiger partial charge in [0.2, 0.25) is 0 Å². The number of hydrogen-bond donors (Lipinski definition) is 2. The SMILES string of the molecule is CN(C(=O)N1CCC(C)(C(=O)O)CC1)C1CCNCC1. The molecule has 2 aliphatic rings. The van der Waals surface area contributed by atoms with E-state index in [4.69, 9.17) is 0 Å². The predicted molar refractivity (Wildman–Crippen MR) is 75.6 cm³/mol. The smallest absolute Gasteiger partial charge is 0.319 e. The Bertz CT molecular complexity index is 372. The van der Waals surface area contributed by atoms with E-state index in [2.05, 4.69) is 5.32 Å². The summed E-state index contributed by atoms with van der Waals surface area (Å²) in [4.78, 5) is 27.3. The average molecular weight is 283 g/mol. The summed E-state index contributed by atoms with van der Waals surface area (Å²) in [5, 5.41) is 12.5. The molecule has 0 saturated carbocycles. The normalized spacial score (nSPS) is 23.4. The average Bonchev–Trinajstić information content (AvgIpc) is 2.47. The number of carboxylic acid groups (broad SMARTS) is 1. The van der Waals surface area contributed by atoms with Crippen LogP contribution in [0.3, 0.4) is 0 Å². The van der Waals surface area contributed by atoms with Crippen molar-refractivity contribution in [2.75, 3.05) is 33.2 Å². The topological polar surface area (TPSA) is 72.9 Å². The Morgan fingerprint density at radius 1 is 1.25 bits per heavy atom. The summed E-state index contributed by atoms with van der Waals surface area (Å²) in [6.07, 6.45) is 3.05. The summed E-state index contributed by atoms with van der Waals surface area (Å²) >= 11 is 0. The Kier molecular flexibility index (Phi) is 4.52. The number of likely N-dealkylation sites (tertiary alicyclic amines) is 1. The van der Waals surface area contributed by atoms with Crippen LogP contribution < -0.4 is 5.32 Å². The minimum atomic E-state index is -0.753. The molecule has 6 heteroatoms. The Labute approximate surface area is 120 Å². The highest BCUT2D eigenvalue weighted by Gasteiger charge is 2.39. The van der Waals surface area contributed by atoms with Gasteiger partial charge >= 0.3 is 12.0 Å². The molecule has 0 aromatic carbocycles. The highest BCUT2D eigenvalue weighted by atomic mass is 16.4. The molecule has 0 bridgehead atoms. The summed E-state index contributed by atoms with van der Waals surface area (Å²) in [6.45, 7) is 4.76. The lowest BCUT2D eigenvalue weighted by molar-refractivity contribution is -0.150. The molecule has 6 nitrogen and oxygen atoms in total. The van der Waals surface area contributed by atoms with Crippen molar-refractivity contribution in [1.82, 2.24) is 15.1 Å². The van der Waals surface area contributed by atoms with Crippen LogP contribution in [0.4, 0.5) is 4.79 Å². The molecule has 0 spiro atoms. The maximum Gasteiger partial charge on any atom is 0.319 e. The fourth-order valence-corrected chi connectivity index (χ4v) is 2.98. The van der Waals surface area contributed by atoms with Crippen molar-refractivity contribution in [2.24, 2.45) is 5.41 Å². The molecule has 0 aromatic heterocycles. The van der Waals surface area contributed by atoms with Crippen molar-refractivity contribution in [3.8, 4) is 0 Å². The number of urea groups is 1. The molecule has 2 aliphatic heterocycles. The van der Waals surface area contributed by atoms with Crippen molar-refractivity contribution >= 4 is 12.0 Å². The zero-order chi connectivity index (χ0) is 14.8. The van der Waals surface area contributed by atoms with Gasteiger partial charge in [-0.2, -0.15) is 0 Å². The maximum atomic E-state index is 12.5. The Balaban J connectivity index is 1.89. The monoisotopic (exact) mass is 283 g/mol. The molecule has 2 N–H and O–H groups in total. The molecule has 0 radical (unpaired) electrons. The number of aliphatic carboxylic acids is 1. The molecule has 2 saturated heterocycles. The summed E-state index contributed by atoms with van der Waals surface area (Å²) in [5.41, 5.74) is -0.676. The number of nitrogens with one attached hydrogen (secondary N) is 1. The van der Waals surface area contributed by atoms with Crippen LogP contribution >= 0.6 is 0 Å². The van der Waals surface area contributed by atoms with Crippen molar-refractivity contribution in [1.29, 1.82) is 0 Å². The summed E-state index contributed by atoms with van der Waals surface area (Å²) in [7, 11) is 1.86. The molecular formula is C14H25N3O3. The lowest BCUT2D eigenvalue weighted by Crippen LogP contribution is -2.53. The Hall–Kier alpha value is -1.30. The lowest BCUT2D eigenvalue weighted by atomic mass is 9.80. The van der Waals surface area contributed by atoms with E-state index >= 15 is 0 Å². The van der Waals surface area contributed by atoms with E-state index in [-0.39, 0.29) is 6.03 Å². The lowest BCUT2D eigenvalue weighted by Gasteiger charge is -2.40. The molecule has 2 rings (SSSR count). The van der Waals surface area contributed by atoms with Crippen LogP contribution in [0.15, 0.2) is 0 Å². The highest BCUT2D eigenvalue weighted by Crippen LogP contribution is 2.31. The van der Waals surface area contributed by atoms with Crippen LogP contribution in [0.2, 0.25) is 0 Å². The fourth-order valence-electron chi connectivity index (χ4n) is 2.98. The van der Waals surface area contributed by atoms with Gasteiger partial charge in [-0.15, -0.1) is 0 Å². The number of carbonyl (C=O) groups is 2. The largest absolute Gasteiger partial charge is 0.481 e. The zero-order valence-electron chi connectivity index (χ0n) is 12.4. The molecule has 0 atom stereocenters. The van der Waals surface area contributed by atoms with Gasteiger partial charge in [0.25, 0.3) is 0 Å². The first kappa shape index (κ1) is 15.1. The second kappa shape index (κ2) is 5.99. The van der Waals surface area contributed by atoms with Crippen LogP contribution in [0.25, 0.3) is 0 Å². The van der Waals surface area contributed by atoms with E-state index in [0.717, 1.165) is 25.9 Å². The minimum Gasteiger partial charge on any atom is -0.481 e. The summed E-state index contributed by atoms with van der Waals surface area (Å²) in [5.74, 6) is -0.753. The molecule has 2 heterocycles. The minimum absolute atomic E-state index is 0.0457. The predicted octanol–water partition coefficient (Wildman–Crippen LogP) is 0.977. The molecule has 20 heavy (non-hydrogen) atoms. The third kappa shape index (κ3) is 3.06. The van der Waals surface area contributed by atoms with Gasteiger partial charge in [-0.3, -0.25) is 4.79 Å². The number of hydrogen-bond acceptors (Lipinski definition) is 3. The number of piperidine rings is 2. The number of carbonyl (C=O) groups excluding carboxylic acids is 1. The number of rotatable bonds is 2. The van der Waals surface area contributed by atoms with Crippen LogP contribution in [-0.4, -0.2) is 66.2 Å². The van der Waals surface area contributed by atoms with E-state index < -0.39 is 11.4 Å². The van der Waals surface area contributed by atoms with Gasteiger partial charge in [-0.25, -0.2) is 4.79 Å². The van der Waals surface area contributed by atoms with E-state index in [0.29, 0.717) is 32.0 Å². The molecular weight excluding hydrogens is 258 g/mol. The van der Waals surface area contributed by atoms with Gasteiger partial charge in [0, 0.05) is 26.2 Å². The standard InChI is InChI=1S/C14H25N3O3/c1-14(12(18)19)5-9-17(10-6-14)13(20)16(2)11-3-7-15-8-4-11/h11,15H,3-10H2,1-2H3,(H,18,19). The third-order valence-corrected chi connectivity index (χ3v) is 4.81. The molecule has 0 unspecified atom stereocenters. The van der Waals surface area contributed by atoms with E-state index in [1.807, 2.05) is 11.9 Å². The van der Waals surface area contributed by atoms with Gasteiger partial charge in [0.15, 0.2) is 0 Å². The molecule has 114 valence electrons. The first-order valence-electron chi connectivity index (χ1n) is 7.40. The highest BCUT2D eigenvalue weighted by molar-refractivity contribution is 5.77. The van der Waals surface area contributed by atoms with Gasteiger partial charge in [0.05, 0.1) is 5.41 Å². The summed E-state index contributed by atoms with van der Waals surface area (Å²) < 4.78 is 0. The van der Waals surface area contributed by atoms with Crippen molar-refractivity contribution in [3.05, 3.63) is 0 Å². The molecule has 2 fully saturated rings. The maximum absolute atomic E-state index is 12.5. The number of carboxylic acids is 1. The Morgan fingerprint density at radius 3 is 2.30 bits per heavy atom. The first-order valence-corrected chi connectivity index (χ1v) is 7.40. The summed E-state index contributed by atoms with van der Waals surface area (Å²) in [6, 6.07) is 0.348. The van der Waals surface area contributed by atoms with Gasteiger partial charge in [-0.1, -0.05) is 0 Å². The van der Waals surface area contributed by atoms with Crippen LogP contribution in [-0.2, 0) is 4.79 Å². The van der Waals surface area contributed by atoms with Crippen LogP contribution in [0, 0.1) is 5.41 Å². The molecule has 2 amide bonds. The van der Waals surface area contributed by atoms with Gasteiger partial charge in [0.1, 0.15) is 0 Å². The first-order chi connectivity index (χ1) is 9.44. The van der Waals surface area contributed by atoms with E-state index in [1.54, 1.807) is 11.8 Å². The van der Waals surface area contributed by atoms with Gasteiger partial charge in [-0.05, 0) is 45.7 Å². The van der Waals surface area contributed by atoms with Crippen molar-refractivity contribution in [2.45, 2.75) is 38.6 Å². The Morgan fingerprint density at radius 2 is 1.80 bits per heavy atom. The second-order valence-electron chi connectivity index (χ2n) is 6.23. The van der Waals surface area contributed by atoms with Crippen LogP contribution in [0.1, 0.15) is 32.6 Å². The number of nitrogens with zero attached hydrogens (tertiary/aromatic N) is 2.